The van der Waals surface area contributed by atoms with Gasteiger partial charge in [-0.25, -0.2) is 9.18 Å². The first kappa shape index (κ1) is 21.7. The number of nitrogens with zero attached hydrogens (tertiary/aromatic N) is 1. The fourth-order valence-electron chi connectivity index (χ4n) is 2.96. The first-order chi connectivity index (χ1) is 14.3. The number of methoxy groups -OCH3 is 1. The highest BCUT2D eigenvalue weighted by molar-refractivity contribution is 9.10. The van der Waals surface area contributed by atoms with Crippen molar-refractivity contribution in [3.05, 3.63) is 64.5 Å². The third-order valence-electron chi connectivity index (χ3n) is 4.35. The molecular weight excluding hydrogens is 469 g/mol. The van der Waals surface area contributed by atoms with Crippen molar-refractivity contribution in [2.24, 2.45) is 0 Å². The molecule has 10 heteroatoms. The highest BCUT2D eigenvalue weighted by Gasteiger charge is 2.29. The maximum atomic E-state index is 13.3. The van der Waals surface area contributed by atoms with Gasteiger partial charge in [0.05, 0.1) is 18.8 Å². The van der Waals surface area contributed by atoms with Crippen LogP contribution in [0, 0.1) is 5.82 Å². The minimum atomic E-state index is -3.04. The first-order valence-corrected chi connectivity index (χ1v) is 9.46. The number of hydrogen-bond donors (Lipinski definition) is 1. The van der Waals surface area contributed by atoms with Crippen molar-refractivity contribution in [2.75, 3.05) is 12.4 Å². The highest BCUT2D eigenvalue weighted by atomic mass is 79.9. The molecule has 0 radical (unpaired) electrons. The number of ketones is 1. The largest absolute Gasteiger partial charge is 0.493 e. The lowest BCUT2D eigenvalue weighted by Crippen LogP contribution is -2.37. The van der Waals surface area contributed by atoms with Crippen LogP contribution in [-0.4, -0.2) is 30.4 Å². The number of anilines is 1. The number of carbonyl (C=O) groups is 2. The van der Waals surface area contributed by atoms with Gasteiger partial charge in [-0.15, -0.1) is 0 Å². The Hall–Kier alpha value is -3.01. The number of nitrogens with one attached hydrogen (secondary N) is 1. The molecule has 158 valence electrons. The monoisotopic (exact) mass is 484 g/mol. The molecular formula is C20H16BrF3N2O4. The Morgan fingerprint density at radius 3 is 2.57 bits per heavy atom. The summed E-state index contributed by atoms with van der Waals surface area (Å²) < 4.78 is 48.1. The molecule has 0 bridgehead atoms. The van der Waals surface area contributed by atoms with Gasteiger partial charge < -0.3 is 14.8 Å². The summed E-state index contributed by atoms with van der Waals surface area (Å²) in [6.07, 6.45) is 2.64. The fraction of sp³-hybridized carbons (Fsp3) is 0.200. The summed E-state index contributed by atoms with van der Waals surface area (Å²) in [5.41, 5.74) is 0.822. The van der Waals surface area contributed by atoms with Crippen LogP contribution in [-0.2, 0) is 4.79 Å². The fourth-order valence-corrected chi connectivity index (χ4v) is 3.38. The number of allylic oxidation sites excluding steroid dienone is 1. The lowest BCUT2D eigenvalue weighted by Gasteiger charge is -2.31. The second kappa shape index (κ2) is 9.21. The number of halogens is 4. The summed E-state index contributed by atoms with van der Waals surface area (Å²) in [5.74, 6) is -0.822. The predicted octanol–water partition coefficient (Wildman–Crippen LogP) is 5.26. The van der Waals surface area contributed by atoms with E-state index in [9.17, 15) is 22.8 Å². The molecule has 30 heavy (non-hydrogen) atoms. The third kappa shape index (κ3) is 4.93. The van der Waals surface area contributed by atoms with E-state index in [1.807, 2.05) is 0 Å². The van der Waals surface area contributed by atoms with Crippen LogP contribution in [0.1, 0.15) is 18.0 Å². The molecule has 2 aromatic carbocycles. The van der Waals surface area contributed by atoms with E-state index >= 15 is 0 Å². The van der Waals surface area contributed by atoms with Gasteiger partial charge in [-0.1, -0.05) is 12.1 Å². The summed E-state index contributed by atoms with van der Waals surface area (Å²) in [7, 11) is 1.27. The van der Waals surface area contributed by atoms with Gasteiger partial charge >= 0.3 is 12.6 Å². The second-order valence-electron chi connectivity index (χ2n) is 6.25. The van der Waals surface area contributed by atoms with Crippen LogP contribution in [0.5, 0.6) is 11.5 Å². The molecule has 2 aromatic rings. The lowest BCUT2D eigenvalue weighted by molar-refractivity contribution is -0.116. The molecule has 1 aliphatic rings. The summed E-state index contributed by atoms with van der Waals surface area (Å²) >= 11 is 3.20. The van der Waals surface area contributed by atoms with Crippen LogP contribution in [0.15, 0.2) is 53.1 Å². The van der Waals surface area contributed by atoms with Crippen LogP contribution < -0.4 is 14.8 Å². The molecule has 0 spiro atoms. The van der Waals surface area contributed by atoms with E-state index in [1.165, 1.54) is 60.7 Å². The molecule has 6 nitrogen and oxygen atoms in total. The summed E-state index contributed by atoms with van der Waals surface area (Å²) in [5, 5.41) is 2.64. The van der Waals surface area contributed by atoms with Gasteiger partial charge in [0.25, 0.3) is 0 Å². The molecule has 1 aliphatic heterocycles. The molecule has 0 saturated carbocycles. The molecule has 0 unspecified atom stereocenters. The maximum Gasteiger partial charge on any atom is 0.387 e. The zero-order valence-corrected chi connectivity index (χ0v) is 17.2. The van der Waals surface area contributed by atoms with Crippen molar-refractivity contribution in [1.29, 1.82) is 0 Å². The Labute approximate surface area is 178 Å². The average Bonchev–Trinajstić information content (AvgIpc) is 2.70. The molecule has 0 aliphatic carbocycles. The van der Waals surface area contributed by atoms with Crippen LogP contribution in [0.2, 0.25) is 0 Å². The van der Waals surface area contributed by atoms with Gasteiger partial charge in [-0.2, -0.15) is 8.78 Å². The van der Waals surface area contributed by atoms with Gasteiger partial charge in [0.1, 0.15) is 5.82 Å². The molecule has 0 aromatic heterocycles. The number of ether oxygens (including phenoxy) is 2. The van der Waals surface area contributed by atoms with Crippen molar-refractivity contribution in [3.63, 3.8) is 0 Å². The first-order valence-electron chi connectivity index (χ1n) is 8.66. The number of rotatable bonds is 5. The van der Waals surface area contributed by atoms with Crippen molar-refractivity contribution in [1.82, 2.24) is 4.90 Å². The molecule has 1 N–H and O–H groups in total. The van der Waals surface area contributed by atoms with Gasteiger partial charge in [0, 0.05) is 29.2 Å². The number of alkyl halides is 2. The minimum Gasteiger partial charge on any atom is -0.493 e. The molecule has 0 fully saturated rings. The number of amides is 2. The Bertz CT molecular complexity index is 983. The Balaban J connectivity index is 1.87. The van der Waals surface area contributed by atoms with E-state index in [0.717, 1.165) is 0 Å². The van der Waals surface area contributed by atoms with Crippen molar-refractivity contribution in [3.8, 4) is 11.5 Å². The number of carbonyl (C=O) groups excluding carboxylic acids is 2. The standard InChI is InChI=1S/C20H16BrF3N2O4/c1-29-17-10-15(14(21)9-18(17)30-19(23)24)25-20(28)26-7-6-13(27)8-16(26)11-2-4-12(22)5-3-11/h2-7,9-10,16,19H,8H2,1H3,(H,25,28)/t16-/m0/s1. The molecule has 3 rings (SSSR count). The smallest absolute Gasteiger partial charge is 0.387 e. The SMILES string of the molecule is COc1cc(NC(=O)N2C=CC(=O)C[C@H]2c2ccc(F)cc2)c(Br)cc1OC(F)F. The molecule has 1 atom stereocenters. The Morgan fingerprint density at radius 2 is 1.93 bits per heavy atom. The van der Waals surface area contributed by atoms with Gasteiger partial charge in [-0.05, 0) is 39.7 Å². The summed E-state index contributed by atoms with van der Waals surface area (Å²) in [6, 6.07) is 6.85. The summed E-state index contributed by atoms with van der Waals surface area (Å²) in [6.45, 7) is -3.04. The van der Waals surface area contributed by atoms with Crippen LogP contribution in [0.4, 0.5) is 23.7 Å². The van der Waals surface area contributed by atoms with Crippen LogP contribution in [0.3, 0.4) is 0 Å². The average molecular weight is 485 g/mol. The summed E-state index contributed by atoms with van der Waals surface area (Å²) in [4.78, 5) is 26.1. The quantitative estimate of drug-likeness (QED) is 0.628. The van der Waals surface area contributed by atoms with Crippen molar-refractivity contribution < 1.29 is 32.2 Å². The maximum absolute atomic E-state index is 13.3. The topological polar surface area (TPSA) is 67.9 Å². The Kier molecular flexibility index (Phi) is 6.66. The van der Waals surface area contributed by atoms with Gasteiger partial charge in [0.15, 0.2) is 17.3 Å². The minimum absolute atomic E-state index is 0.00625. The van der Waals surface area contributed by atoms with E-state index < -0.39 is 24.5 Å². The lowest BCUT2D eigenvalue weighted by atomic mass is 9.97. The van der Waals surface area contributed by atoms with E-state index in [2.05, 4.69) is 26.0 Å². The number of urea groups is 1. The third-order valence-corrected chi connectivity index (χ3v) is 5.01. The zero-order chi connectivity index (χ0) is 21.8. The predicted molar refractivity (Wildman–Crippen MR) is 106 cm³/mol. The van der Waals surface area contributed by atoms with Crippen molar-refractivity contribution in [2.45, 2.75) is 19.1 Å². The zero-order valence-electron chi connectivity index (χ0n) is 15.6. The van der Waals surface area contributed by atoms with E-state index in [4.69, 9.17) is 4.74 Å². The van der Waals surface area contributed by atoms with E-state index in [0.29, 0.717) is 5.56 Å². The highest BCUT2D eigenvalue weighted by Crippen LogP contribution is 2.38. The van der Waals surface area contributed by atoms with Crippen LogP contribution >= 0.6 is 15.9 Å². The second-order valence-corrected chi connectivity index (χ2v) is 7.11. The van der Waals surface area contributed by atoms with Gasteiger partial charge in [0.2, 0.25) is 0 Å². The molecule has 2 amide bonds. The van der Waals surface area contributed by atoms with E-state index in [-0.39, 0.29) is 33.9 Å². The number of hydrogen-bond acceptors (Lipinski definition) is 4. The Morgan fingerprint density at radius 1 is 1.23 bits per heavy atom. The van der Waals surface area contributed by atoms with Crippen LogP contribution in [0.25, 0.3) is 0 Å². The molecule has 0 saturated heterocycles. The van der Waals surface area contributed by atoms with Gasteiger partial charge in [-0.3, -0.25) is 9.69 Å². The normalized spacial score (nSPS) is 16.0. The number of benzene rings is 2. The van der Waals surface area contributed by atoms with Crippen molar-refractivity contribution >= 4 is 33.4 Å². The molecule has 1 heterocycles. The van der Waals surface area contributed by atoms with E-state index in [1.54, 1.807) is 0 Å².